The Morgan fingerprint density at radius 3 is 2.62 bits per heavy atom. The maximum atomic E-state index is 16.9. The zero-order valence-electron chi connectivity index (χ0n) is 16.3. The standard InChI is InChI=1S/C22H31FO3/c1-12-9-18-16-6-5-15(13(2)24)20(16,3)11-19(26)22(18,23)21(4)8-7-14(25)10-17(12)21/h10,12,15-16,18-19,26H,5-9,11H2,1-4H3. The SMILES string of the molecule is CC(=O)C1CCC2C3CC(C)C4=CC(=O)CCC4(C)C3(F)C(O)CC12C. The minimum Gasteiger partial charge on any atom is -0.390 e. The second-order valence-corrected chi connectivity index (χ2v) is 9.98. The summed E-state index contributed by atoms with van der Waals surface area (Å²) < 4.78 is 16.9. The van der Waals surface area contributed by atoms with E-state index in [0.717, 1.165) is 18.4 Å². The van der Waals surface area contributed by atoms with Crippen molar-refractivity contribution >= 4 is 11.6 Å². The lowest BCUT2D eigenvalue weighted by atomic mass is 9.43. The second kappa shape index (κ2) is 5.50. The lowest BCUT2D eigenvalue weighted by molar-refractivity contribution is -0.213. The van der Waals surface area contributed by atoms with E-state index in [1.54, 1.807) is 13.0 Å². The lowest BCUT2D eigenvalue weighted by Gasteiger charge is -2.64. The molecule has 4 aliphatic carbocycles. The summed E-state index contributed by atoms with van der Waals surface area (Å²) in [5.74, 6) is 0.212. The monoisotopic (exact) mass is 362 g/mol. The third-order valence-electron chi connectivity index (χ3n) is 8.85. The third kappa shape index (κ3) is 2.03. The highest BCUT2D eigenvalue weighted by Crippen LogP contribution is 2.70. The van der Waals surface area contributed by atoms with Crippen LogP contribution in [0.2, 0.25) is 0 Å². The molecule has 4 aliphatic rings. The third-order valence-corrected chi connectivity index (χ3v) is 8.85. The van der Waals surface area contributed by atoms with E-state index >= 15 is 4.39 Å². The van der Waals surface area contributed by atoms with Gasteiger partial charge in [-0.25, -0.2) is 4.39 Å². The fourth-order valence-corrected chi connectivity index (χ4v) is 7.63. The zero-order chi connectivity index (χ0) is 19.1. The smallest absolute Gasteiger partial charge is 0.155 e. The van der Waals surface area contributed by atoms with Crippen LogP contribution in [0.5, 0.6) is 0 Å². The van der Waals surface area contributed by atoms with Gasteiger partial charge < -0.3 is 5.11 Å². The van der Waals surface area contributed by atoms with Gasteiger partial charge >= 0.3 is 0 Å². The first kappa shape index (κ1) is 18.3. The molecule has 144 valence electrons. The molecule has 26 heavy (non-hydrogen) atoms. The van der Waals surface area contributed by atoms with Crippen LogP contribution in [-0.2, 0) is 9.59 Å². The van der Waals surface area contributed by atoms with Crippen molar-refractivity contribution in [3.8, 4) is 0 Å². The molecule has 4 heteroatoms. The number of aliphatic hydroxyl groups is 1. The molecule has 0 bridgehead atoms. The number of aliphatic hydroxyl groups excluding tert-OH is 1. The lowest BCUT2D eigenvalue weighted by Crippen LogP contribution is -2.68. The maximum absolute atomic E-state index is 16.9. The van der Waals surface area contributed by atoms with E-state index in [-0.39, 0.29) is 40.7 Å². The molecule has 0 aromatic rings. The molecule has 0 saturated heterocycles. The topological polar surface area (TPSA) is 54.4 Å². The summed E-state index contributed by atoms with van der Waals surface area (Å²) in [6, 6.07) is 0. The number of carbonyl (C=O) groups excluding carboxylic acids is 2. The Morgan fingerprint density at radius 1 is 1.27 bits per heavy atom. The number of Topliss-reactive ketones (excluding diaryl/α,β-unsaturated/α-hetero) is 1. The van der Waals surface area contributed by atoms with E-state index < -0.39 is 17.2 Å². The van der Waals surface area contributed by atoms with Gasteiger partial charge in [0.05, 0.1) is 6.10 Å². The van der Waals surface area contributed by atoms with Crippen molar-refractivity contribution in [2.45, 2.75) is 78.0 Å². The first-order valence-corrected chi connectivity index (χ1v) is 10.2. The molecule has 0 radical (unpaired) electrons. The van der Waals surface area contributed by atoms with E-state index in [1.807, 2.05) is 6.92 Å². The molecule has 3 saturated carbocycles. The van der Waals surface area contributed by atoms with Crippen LogP contribution in [0.3, 0.4) is 0 Å². The predicted octanol–water partition coefficient (Wildman–Crippen LogP) is 4.03. The maximum Gasteiger partial charge on any atom is 0.155 e. The first-order valence-electron chi connectivity index (χ1n) is 10.2. The van der Waals surface area contributed by atoms with Crippen molar-refractivity contribution in [3.05, 3.63) is 11.6 Å². The zero-order valence-corrected chi connectivity index (χ0v) is 16.3. The molecule has 0 aromatic carbocycles. The summed E-state index contributed by atoms with van der Waals surface area (Å²) in [7, 11) is 0. The fraction of sp³-hybridized carbons (Fsp3) is 0.818. The number of allylic oxidation sites excluding steroid dienone is 1. The van der Waals surface area contributed by atoms with Crippen LogP contribution in [0.1, 0.15) is 66.2 Å². The first-order chi connectivity index (χ1) is 12.1. The molecule has 4 rings (SSSR count). The molecular formula is C22H31FO3. The van der Waals surface area contributed by atoms with Gasteiger partial charge in [0.2, 0.25) is 0 Å². The van der Waals surface area contributed by atoms with Crippen LogP contribution < -0.4 is 0 Å². The summed E-state index contributed by atoms with van der Waals surface area (Å²) >= 11 is 0. The summed E-state index contributed by atoms with van der Waals surface area (Å²) in [6.45, 7) is 7.76. The van der Waals surface area contributed by atoms with E-state index in [4.69, 9.17) is 0 Å². The molecule has 0 aliphatic heterocycles. The number of fused-ring (bicyclic) bond motifs is 5. The van der Waals surface area contributed by atoms with Gasteiger partial charge in [0.25, 0.3) is 0 Å². The minimum absolute atomic E-state index is 0.0697. The van der Waals surface area contributed by atoms with Crippen molar-refractivity contribution in [3.63, 3.8) is 0 Å². The fourth-order valence-electron chi connectivity index (χ4n) is 7.63. The molecule has 3 nitrogen and oxygen atoms in total. The normalized spacial score (nSPS) is 53.4. The molecule has 0 aromatic heterocycles. The van der Waals surface area contributed by atoms with E-state index in [1.165, 1.54) is 0 Å². The molecular weight excluding hydrogens is 331 g/mol. The highest BCUT2D eigenvalue weighted by molar-refractivity contribution is 5.92. The number of alkyl halides is 1. The predicted molar refractivity (Wildman–Crippen MR) is 97.2 cm³/mol. The molecule has 1 N–H and O–H groups in total. The molecule has 3 fully saturated rings. The Hall–Kier alpha value is -1.03. The van der Waals surface area contributed by atoms with Crippen molar-refractivity contribution in [1.82, 2.24) is 0 Å². The quantitative estimate of drug-likeness (QED) is 0.766. The van der Waals surface area contributed by atoms with Crippen molar-refractivity contribution < 1.29 is 19.1 Å². The molecule has 0 amide bonds. The average molecular weight is 362 g/mol. The van der Waals surface area contributed by atoms with Crippen LogP contribution in [0.25, 0.3) is 0 Å². The van der Waals surface area contributed by atoms with Crippen LogP contribution in [0.4, 0.5) is 4.39 Å². The van der Waals surface area contributed by atoms with Crippen molar-refractivity contribution in [2.75, 3.05) is 0 Å². The number of hydrogen-bond acceptors (Lipinski definition) is 3. The second-order valence-electron chi connectivity index (χ2n) is 9.98. The van der Waals surface area contributed by atoms with Gasteiger partial charge in [-0.1, -0.05) is 26.3 Å². The summed E-state index contributed by atoms with van der Waals surface area (Å²) in [4.78, 5) is 24.2. The largest absolute Gasteiger partial charge is 0.390 e. The van der Waals surface area contributed by atoms with Gasteiger partial charge in [-0.3, -0.25) is 9.59 Å². The Kier molecular flexibility index (Phi) is 3.88. The van der Waals surface area contributed by atoms with Gasteiger partial charge in [-0.05, 0) is 62.4 Å². The number of carbonyl (C=O) groups is 2. The molecule has 8 unspecified atom stereocenters. The van der Waals surface area contributed by atoms with Gasteiger partial charge in [0, 0.05) is 23.7 Å². The molecule has 0 heterocycles. The average Bonchev–Trinajstić information content (AvgIpc) is 2.89. The highest BCUT2D eigenvalue weighted by Gasteiger charge is 2.71. The Bertz CT molecular complexity index is 700. The molecule has 8 atom stereocenters. The number of halogens is 1. The van der Waals surface area contributed by atoms with Gasteiger partial charge in [0.1, 0.15) is 11.5 Å². The van der Waals surface area contributed by atoms with Gasteiger partial charge in [0.15, 0.2) is 5.78 Å². The van der Waals surface area contributed by atoms with E-state index in [9.17, 15) is 14.7 Å². The minimum atomic E-state index is -1.71. The number of ketones is 2. The van der Waals surface area contributed by atoms with Crippen molar-refractivity contribution in [1.29, 1.82) is 0 Å². The van der Waals surface area contributed by atoms with Crippen LogP contribution in [0.15, 0.2) is 11.6 Å². The highest BCUT2D eigenvalue weighted by atomic mass is 19.1. The van der Waals surface area contributed by atoms with Gasteiger partial charge in [-0.15, -0.1) is 0 Å². The Labute approximate surface area is 155 Å². The van der Waals surface area contributed by atoms with Crippen LogP contribution in [-0.4, -0.2) is 28.4 Å². The Balaban J connectivity index is 1.83. The Morgan fingerprint density at radius 2 is 1.96 bits per heavy atom. The van der Waals surface area contributed by atoms with E-state index in [0.29, 0.717) is 25.7 Å². The van der Waals surface area contributed by atoms with Gasteiger partial charge in [-0.2, -0.15) is 0 Å². The molecule has 0 spiro atoms. The summed E-state index contributed by atoms with van der Waals surface area (Å²) in [5, 5.41) is 11.1. The van der Waals surface area contributed by atoms with Crippen LogP contribution >= 0.6 is 0 Å². The number of hydrogen-bond donors (Lipinski definition) is 1. The summed E-state index contributed by atoms with van der Waals surface area (Å²) in [5.41, 5.74) is -1.90. The van der Waals surface area contributed by atoms with Crippen molar-refractivity contribution in [2.24, 2.45) is 34.5 Å². The van der Waals surface area contributed by atoms with Crippen LogP contribution in [0, 0.1) is 34.5 Å². The van der Waals surface area contributed by atoms with E-state index in [2.05, 4.69) is 13.8 Å². The number of rotatable bonds is 1. The summed E-state index contributed by atoms with van der Waals surface area (Å²) in [6.07, 6.45) is 4.10.